The Bertz CT molecular complexity index is 1220. The molecule has 0 saturated carbocycles. The standard InChI is InChI=1S/C26H29ClF3N3O5/c1-3-6-14(11-19(34)38-2)7-4-9-31-26(37)24(35)23-21(27)20(18-8-5-10-33(18)23)25(36)32-15-12-16(28)22(30)17(29)13-15/h12-14H,3-11H2,1-2H3,(H,31,37)(H,32,36)/t14-/m1/s1. The number of Topliss-reactive ketones (excluding diaryl/α,β-unsaturated/α-hetero) is 1. The van der Waals surface area contributed by atoms with Gasteiger partial charge in [0, 0.05) is 43.0 Å². The van der Waals surface area contributed by atoms with Gasteiger partial charge < -0.3 is 19.9 Å². The first-order valence-electron chi connectivity index (χ1n) is 12.3. The molecule has 0 bridgehead atoms. The van der Waals surface area contributed by atoms with Crippen LogP contribution in [0.4, 0.5) is 18.9 Å². The maximum Gasteiger partial charge on any atom is 0.305 e. The van der Waals surface area contributed by atoms with Gasteiger partial charge in [-0.25, -0.2) is 13.2 Å². The number of carbonyl (C=O) groups excluding carboxylic acids is 4. The fourth-order valence-electron chi connectivity index (χ4n) is 4.68. The van der Waals surface area contributed by atoms with Gasteiger partial charge in [-0.1, -0.05) is 31.4 Å². The number of halogens is 4. The molecule has 0 radical (unpaired) electrons. The van der Waals surface area contributed by atoms with Crippen LogP contribution in [0.3, 0.4) is 0 Å². The van der Waals surface area contributed by atoms with E-state index >= 15 is 0 Å². The lowest BCUT2D eigenvalue weighted by molar-refractivity contribution is -0.141. The summed E-state index contributed by atoms with van der Waals surface area (Å²) in [5, 5.41) is 4.59. The van der Waals surface area contributed by atoms with Crippen molar-refractivity contribution in [3.05, 3.63) is 51.6 Å². The van der Waals surface area contributed by atoms with Gasteiger partial charge >= 0.3 is 5.97 Å². The summed E-state index contributed by atoms with van der Waals surface area (Å²) in [4.78, 5) is 50.2. The zero-order valence-corrected chi connectivity index (χ0v) is 21.9. The molecule has 0 fully saturated rings. The van der Waals surface area contributed by atoms with Crippen molar-refractivity contribution in [3.63, 3.8) is 0 Å². The number of ether oxygens (including phenoxy) is 1. The highest BCUT2D eigenvalue weighted by atomic mass is 35.5. The maximum absolute atomic E-state index is 13.6. The zero-order chi connectivity index (χ0) is 28.0. The van der Waals surface area contributed by atoms with E-state index in [-0.39, 0.29) is 46.8 Å². The minimum absolute atomic E-state index is 0.0873. The van der Waals surface area contributed by atoms with E-state index in [1.54, 1.807) is 0 Å². The van der Waals surface area contributed by atoms with Crippen LogP contribution >= 0.6 is 11.6 Å². The molecule has 1 aliphatic heterocycles. The third kappa shape index (κ3) is 6.56. The molecule has 206 valence electrons. The van der Waals surface area contributed by atoms with Crippen molar-refractivity contribution in [2.75, 3.05) is 19.0 Å². The van der Waals surface area contributed by atoms with Gasteiger partial charge in [0.2, 0.25) is 0 Å². The van der Waals surface area contributed by atoms with Crippen molar-refractivity contribution >= 4 is 40.9 Å². The maximum atomic E-state index is 13.6. The number of carbonyl (C=O) groups is 4. The molecule has 38 heavy (non-hydrogen) atoms. The summed E-state index contributed by atoms with van der Waals surface area (Å²) in [5.41, 5.74) is -0.153. The number of esters is 1. The van der Waals surface area contributed by atoms with E-state index in [9.17, 15) is 32.3 Å². The van der Waals surface area contributed by atoms with Crippen LogP contribution in [0.25, 0.3) is 0 Å². The van der Waals surface area contributed by atoms with Crippen LogP contribution < -0.4 is 10.6 Å². The summed E-state index contributed by atoms with van der Waals surface area (Å²) < 4.78 is 46.6. The largest absolute Gasteiger partial charge is 0.469 e. The molecular formula is C26H29ClF3N3O5. The van der Waals surface area contributed by atoms with Crippen molar-refractivity contribution < 1.29 is 37.1 Å². The Kier molecular flexibility index (Phi) is 9.96. The van der Waals surface area contributed by atoms with E-state index in [4.69, 9.17) is 16.3 Å². The summed E-state index contributed by atoms with van der Waals surface area (Å²) in [6.45, 7) is 2.56. The second-order valence-electron chi connectivity index (χ2n) is 9.11. The number of fused-ring (bicyclic) bond motifs is 1. The van der Waals surface area contributed by atoms with E-state index in [1.807, 2.05) is 6.92 Å². The van der Waals surface area contributed by atoms with Crippen LogP contribution in [0, 0.1) is 23.4 Å². The van der Waals surface area contributed by atoms with Gasteiger partial charge in [0.25, 0.3) is 17.6 Å². The summed E-state index contributed by atoms with van der Waals surface area (Å²) in [5.74, 6) is -7.49. The highest BCUT2D eigenvalue weighted by Crippen LogP contribution is 2.34. The Hall–Kier alpha value is -3.34. The number of hydrogen-bond donors (Lipinski definition) is 2. The Morgan fingerprint density at radius 3 is 2.45 bits per heavy atom. The first kappa shape index (κ1) is 29.2. The molecule has 2 aromatic rings. The van der Waals surface area contributed by atoms with Crippen LogP contribution in [0.15, 0.2) is 12.1 Å². The minimum atomic E-state index is -1.67. The summed E-state index contributed by atoms with van der Waals surface area (Å²) >= 11 is 6.40. The molecule has 2 N–H and O–H groups in total. The molecule has 2 heterocycles. The molecule has 1 aromatic heterocycles. The Labute approximate surface area is 222 Å². The molecule has 3 rings (SSSR count). The summed E-state index contributed by atoms with van der Waals surface area (Å²) in [6, 6.07) is 1.24. The van der Waals surface area contributed by atoms with Crippen LogP contribution in [0.5, 0.6) is 0 Å². The van der Waals surface area contributed by atoms with Crippen molar-refractivity contribution in [1.82, 2.24) is 9.88 Å². The number of hydrogen-bond acceptors (Lipinski definition) is 5. The molecule has 0 aliphatic carbocycles. The van der Waals surface area contributed by atoms with E-state index in [2.05, 4.69) is 10.6 Å². The number of benzene rings is 1. The summed E-state index contributed by atoms with van der Waals surface area (Å²) in [6.07, 6.45) is 4.19. The highest BCUT2D eigenvalue weighted by molar-refractivity contribution is 6.48. The molecule has 1 atom stereocenters. The quantitative estimate of drug-likeness (QED) is 0.128. The summed E-state index contributed by atoms with van der Waals surface area (Å²) in [7, 11) is 1.33. The number of methoxy groups -OCH3 is 1. The average molecular weight is 556 g/mol. The number of anilines is 1. The second kappa shape index (κ2) is 12.9. The Balaban J connectivity index is 1.69. The van der Waals surface area contributed by atoms with Gasteiger partial charge in [-0.3, -0.25) is 19.2 Å². The zero-order valence-electron chi connectivity index (χ0n) is 21.1. The first-order valence-corrected chi connectivity index (χ1v) is 12.7. The number of ketones is 1. The number of nitrogens with one attached hydrogen (secondary N) is 2. The predicted molar refractivity (Wildman–Crippen MR) is 134 cm³/mol. The molecule has 8 nitrogen and oxygen atoms in total. The van der Waals surface area contributed by atoms with Crippen LogP contribution in [-0.4, -0.2) is 41.8 Å². The fourth-order valence-corrected chi connectivity index (χ4v) is 5.06. The number of aromatic nitrogens is 1. The minimum Gasteiger partial charge on any atom is -0.469 e. The molecule has 12 heteroatoms. The van der Waals surface area contributed by atoms with Crippen LogP contribution in [0.2, 0.25) is 5.02 Å². The highest BCUT2D eigenvalue weighted by Gasteiger charge is 2.34. The van der Waals surface area contributed by atoms with Crippen molar-refractivity contribution in [2.24, 2.45) is 5.92 Å². The van der Waals surface area contributed by atoms with Gasteiger partial charge in [0.05, 0.1) is 17.7 Å². The SMILES string of the molecule is CCC[C@H](CCCNC(=O)C(=O)c1c(Cl)c(C(=O)Nc2cc(F)c(F)c(F)c2)c2n1CCC2)CC(=O)OC. The van der Waals surface area contributed by atoms with Crippen molar-refractivity contribution in [1.29, 1.82) is 0 Å². The monoisotopic (exact) mass is 555 g/mol. The van der Waals surface area contributed by atoms with Gasteiger partial charge in [-0.15, -0.1) is 0 Å². The van der Waals surface area contributed by atoms with Gasteiger partial charge in [0.15, 0.2) is 17.5 Å². The van der Waals surface area contributed by atoms with Gasteiger partial charge in [0.1, 0.15) is 5.69 Å². The van der Waals surface area contributed by atoms with Crippen molar-refractivity contribution in [2.45, 2.75) is 58.4 Å². The molecule has 0 unspecified atom stereocenters. The van der Waals surface area contributed by atoms with Crippen molar-refractivity contribution in [3.8, 4) is 0 Å². The Morgan fingerprint density at radius 1 is 1.13 bits per heavy atom. The van der Waals surface area contributed by atoms with Crippen LogP contribution in [-0.2, 0) is 27.3 Å². The van der Waals surface area contributed by atoms with Gasteiger partial charge in [-0.2, -0.15) is 0 Å². The molecule has 2 amide bonds. The van der Waals surface area contributed by atoms with Crippen LogP contribution in [0.1, 0.15) is 72.0 Å². The molecular weight excluding hydrogens is 527 g/mol. The lowest BCUT2D eigenvalue weighted by Gasteiger charge is -2.14. The third-order valence-electron chi connectivity index (χ3n) is 6.45. The average Bonchev–Trinajstić information content (AvgIpc) is 3.43. The second-order valence-corrected chi connectivity index (χ2v) is 9.49. The molecule has 0 spiro atoms. The third-order valence-corrected chi connectivity index (χ3v) is 6.82. The van der Waals surface area contributed by atoms with E-state index in [0.717, 1.165) is 12.8 Å². The number of amides is 2. The number of nitrogens with zero attached hydrogens (tertiary/aromatic N) is 1. The first-order chi connectivity index (χ1) is 18.1. The van der Waals surface area contributed by atoms with E-state index in [0.29, 0.717) is 50.1 Å². The van der Waals surface area contributed by atoms with E-state index < -0.39 is 35.0 Å². The lowest BCUT2D eigenvalue weighted by atomic mass is 9.94. The fraction of sp³-hybridized carbons (Fsp3) is 0.462. The Morgan fingerprint density at radius 2 is 1.82 bits per heavy atom. The molecule has 0 saturated heterocycles. The predicted octanol–water partition coefficient (Wildman–Crippen LogP) is 4.82. The number of rotatable bonds is 12. The smallest absolute Gasteiger partial charge is 0.305 e. The topological polar surface area (TPSA) is 106 Å². The van der Waals surface area contributed by atoms with Gasteiger partial charge in [-0.05, 0) is 31.6 Å². The molecule has 1 aliphatic rings. The lowest BCUT2D eigenvalue weighted by Crippen LogP contribution is -2.33. The molecule has 1 aromatic carbocycles. The van der Waals surface area contributed by atoms with E-state index in [1.165, 1.54) is 11.7 Å². The normalized spacial score (nSPS) is 13.1.